The van der Waals surface area contributed by atoms with Gasteiger partial charge in [-0.1, -0.05) is 26.0 Å². The second-order valence-corrected chi connectivity index (χ2v) is 3.28. The van der Waals surface area contributed by atoms with Crippen LogP contribution in [0.1, 0.15) is 25.5 Å². The van der Waals surface area contributed by atoms with Gasteiger partial charge in [0.05, 0.1) is 6.10 Å². The Balaban J connectivity index is 2.88. The van der Waals surface area contributed by atoms with E-state index in [1.54, 1.807) is 18.2 Å². The lowest BCUT2D eigenvalue weighted by Crippen LogP contribution is -2.04. The van der Waals surface area contributed by atoms with E-state index >= 15 is 0 Å². The van der Waals surface area contributed by atoms with Crippen molar-refractivity contribution < 1.29 is 10.2 Å². The van der Waals surface area contributed by atoms with Crippen LogP contribution < -0.4 is 0 Å². The second kappa shape index (κ2) is 3.59. The molecule has 0 amide bonds. The molecule has 12 heavy (non-hydrogen) atoms. The summed E-state index contributed by atoms with van der Waals surface area (Å²) in [6.07, 6.45) is -0.489. The normalized spacial score (nSPS) is 13.3. The fraction of sp³-hybridized carbons (Fsp3) is 0.400. The summed E-state index contributed by atoms with van der Waals surface area (Å²) in [5.41, 5.74) is 0.769. The van der Waals surface area contributed by atoms with Crippen LogP contribution in [0.4, 0.5) is 0 Å². The van der Waals surface area contributed by atoms with E-state index in [0.717, 1.165) is 5.56 Å². The Morgan fingerprint density at radius 2 is 1.92 bits per heavy atom. The molecule has 0 aliphatic heterocycles. The van der Waals surface area contributed by atoms with Crippen LogP contribution in [0.15, 0.2) is 24.3 Å². The molecule has 1 aromatic rings. The SMILES string of the molecule is CC(C)[C@H](O)c1cccc(O)c1. The first kappa shape index (κ1) is 9.07. The Bertz CT molecular complexity index is 256. The lowest BCUT2D eigenvalue weighted by Gasteiger charge is -2.14. The van der Waals surface area contributed by atoms with Gasteiger partial charge in [0.2, 0.25) is 0 Å². The van der Waals surface area contributed by atoms with Crippen molar-refractivity contribution in [1.82, 2.24) is 0 Å². The highest BCUT2D eigenvalue weighted by Gasteiger charge is 2.11. The maximum absolute atomic E-state index is 9.61. The monoisotopic (exact) mass is 166 g/mol. The molecule has 0 bridgehead atoms. The Hall–Kier alpha value is -1.02. The highest BCUT2D eigenvalue weighted by molar-refractivity contribution is 5.28. The van der Waals surface area contributed by atoms with E-state index in [2.05, 4.69) is 0 Å². The van der Waals surface area contributed by atoms with E-state index in [-0.39, 0.29) is 11.7 Å². The highest BCUT2D eigenvalue weighted by atomic mass is 16.3. The third-order valence-corrected chi connectivity index (χ3v) is 1.84. The smallest absolute Gasteiger partial charge is 0.115 e. The van der Waals surface area contributed by atoms with Gasteiger partial charge in [-0.25, -0.2) is 0 Å². The zero-order valence-electron chi connectivity index (χ0n) is 7.36. The van der Waals surface area contributed by atoms with Gasteiger partial charge in [-0.2, -0.15) is 0 Å². The van der Waals surface area contributed by atoms with Crippen LogP contribution in [0.5, 0.6) is 5.75 Å². The molecule has 0 fully saturated rings. The molecule has 0 spiro atoms. The summed E-state index contributed by atoms with van der Waals surface area (Å²) in [4.78, 5) is 0. The summed E-state index contributed by atoms with van der Waals surface area (Å²) in [5, 5.41) is 18.7. The van der Waals surface area contributed by atoms with Crippen LogP contribution in [0.25, 0.3) is 0 Å². The van der Waals surface area contributed by atoms with Gasteiger partial charge in [-0.15, -0.1) is 0 Å². The predicted molar refractivity (Wildman–Crippen MR) is 47.9 cm³/mol. The first-order chi connectivity index (χ1) is 5.61. The van der Waals surface area contributed by atoms with Gasteiger partial charge in [0.25, 0.3) is 0 Å². The van der Waals surface area contributed by atoms with E-state index in [9.17, 15) is 5.11 Å². The van der Waals surface area contributed by atoms with Crippen molar-refractivity contribution in [2.45, 2.75) is 20.0 Å². The summed E-state index contributed by atoms with van der Waals surface area (Å²) in [7, 11) is 0. The molecule has 0 saturated heterocycles. The fourth-order valence-electron chi connectivity index (χ4n) is 1.09. The number of benzene rings is 1. The number of rotatable bonds is 2. The molecule has 0 aliphatic rings. The van der Waals surface area contributed by atoms with Crippen molar-refractivity contribution >= 4 is 0 Å². The summed E-state index contributed by atoms with van der Waals surface area (Å²) in [6, 6.07) is 6.72. The van der Waals surface area contributed by atoms with E-state index in [4.69, 9.17) is 5.11 Å². The van der Waals surface area contributed by atoms with Crippen LogP contribution in [-0.4, -0.2) is 10.2 Å². The standard InChI is InChI=1S/C10H14O2/c1-7(2)10(12)8-4-3-5-9(11)6-8/h3-7,10-12H,1-2H3/t10-/m0/s1. The average Bonchev–Trinajstić information content (AvgIpc) is 2.03. The lowest BCUT2D eigenvalue weighted by atomic mass is 9.99. The number of aliphatic hydroxyl groups excluding tert-OH is 1. The molecule has 0 unspecified atom stereocenters. The largest absolute Gasteiger partial charge is 0.508 e. The molecule has 0 heterocycles. The minimum absolute atomic E-state index is 0.173. The van der Waals surface area contributed by atoms with Gasteiger partial charge >= 0.3 is 0 Å². The fourth-order valence-corrected chi connectivity index (χ4v) is 1.09. The van der Waals surface area contributed by atoms with Crippen molar-refractivity contribution in [2.24, 2.45) is 5.92 Å². The van der Waals surface area contributed by atoms with Gasteiger partial charge < -0.3 is 10.2 Å². The number of phenols is 1. The van der Waals surface area contributed by atoms with Crippen LogP contribution in [0, 0.1) is 5.92 Å². The topological polar surface area (TPSA) is 40.5 Å². The predicted octanol–water partition coefficient (Wildman–Crippen LogP) is 2.08. The van der Waals surface area contributed by atoms with Crippen molar-refractivity contribution in [3.05, 3.63) is 29.8 Å². The highest BCUT2D eigenvalue weighted by Crippen LogP contribution is 2.23. The molecule has 0 aromatic heterocycles. The summed E-state index contributed by atoms with van der Waals surface area (Å²) in [5.74, 6) is 0.374. The third-order valence-electron chi connectivity index (χ3n) is 1.84. The molecule has 1 atom stereocenters. The molecule has 66 valence electrons. The second-order valence-electron chi connectivity index (χ2n) is 3.28. The molecule has 2 N–H and O–H groups in total. The lowest BCUT2D eigenvalue weighted by molar-refractivity contribution is 0.126. The van der Waals surface area contributed by atoms with Crippen molar-refractivity contribution in [3.63, 3.8) is 0 Å². The number of hydrogen-bond acceptors (Lipinski definition) is 2. The van der Waals surface area contributed by atoms with Gasteiger partial charge in [-0.05, 0) is 23.6 Å². The molecule has 2 heteroatoms. The van der Waals surface area contributed by atoms with Crippen LogP contribution in [0.2, 0.25) is 0 Å². The summed E-state index contributed by atoms with van der Waals surface area (Å²) in [6.45, 7) is 3.88. The third kappa shape index (κ3) is 1.98. The Morgan fingerprint density at radius 1 is 1.25 bits per heavy atom. The maximum atomic E-state index is 9.61. The molecular formula is C10H14O2. The van der Waals surface area contributed by atoms with Gasteiger partial charge in [-0.3, -0.25) is 0 Å². The minimum Gasteiger partial charge on any atom is -0.508 e. The number of aliphatic hydroxyl groups is 1. The molecule has 1 rings (SSSR count). The molecule has 0 radical (unpaired) electrons. The van der Waals surface area contributed by atoms with Gasteiger partial charge in [0.1, 0.15) is 5.75 Å². The molecule has 0 aliphatic carbocycles. The quantitative estimate of drug-likeness (QED) is 0.706. The molecule has 1 aromatic carbocycles. The zero-order chi connectivity index (χ0) is 9.14. The van der Waals surface area contributed by atoms with Gasteiger partial charge in [0.15, 0.2) is 0 Å². The van der Waals surface area contributed by atoms with Crippen molar-refractivity contribution in [3.8, 4) is 5.75 Å². The number of hydrogen-bond donors (Lipinski definition) is 2. The van der Waals surface area contributed by atoms with Crippen LogP contribution in [0.3, 0.4) is 0 Å². The van der Waals surface area contributed by atoms with E-state index in [1.165, 1.54) is 0 Å². The van der Waals surface area contributed by atoms with Gasteiger partial charge in [0, 0.05) is 0 Å². The maximum Gasteiger partial charge on any atom is 0.115 e. The van der Waals surface area contributed by atoms with Crippen LogP contribution in [-0.2, 0) is 0 Å². The van der Waals surface area contributed by atoms with Crippen LogP contribution >= 0.6 is 0 Å². The Morgan fingerprint density at radius 3 is 2.42 bits per heavy atom. The number of phenolic OH excluding ortho intramolecular Hbond substituents is 1. The number of aromatic hydroxyl groups is 1. The van der Waals surface area contributed by atoms with E-state index in [0.29, 0.717) is 0 Å². The molecule has 2 nitrogen and oxygen atoms in total. The minimum atomic E-state index is -0.489. The van der Waals surface area contributed by atoms with E-state index < -0.39 is 6.10 Å². The first-order valence-corrected chi connectivity index (χ1v) is 4.08. The first-order valence-electron chi connectivity index (χ1n) is 4.08. The molecule has 0 saturated carbocycles. The van der Waals surface area contributed by atoms with Crippen molar-refractivity contribution in [2.75, 3.05) is 0 Å². The average molecular weight is 166 g/mol. The summed E-state index contributed by atoms with van der Waals surface area (Å²) < 4.78 is 0. The van der Waals surface area contributed by atoms with Crippen molar-refractivity contribution in [1.29, 1.82) is 0 Å². The Labute approximate surface area is 72.5 Å². The van der Waals surface area contributed by atoms with E-state index in [1.807, 2.05) is 19.9 Å². The Kier molecular flexibility index (Phi) is 2.71. The zero-order valence-corrected chi connectivity index (χ0v) is 7.36. The molecular weight excluding hydrogens is 152 g/mol. The summed E-state index contributed by atoms with van der Waals surface area (Å²) >= 11 is 0.